The number of ether oxygens (including phenoxy) is 2. The summed E-state index contributed by atoms with van der Waals surface area (Å²) in [5.74, 6) is -0.0603. The number of carbonyl (C=O) groups excluding carboxylic acids is 1. The molecule has 0 aromatic carbocycles. The van der Waals surface area contributed by atoms with E-state index in [0.717, 1.165) is 49.0 Å². The van der Waals surface area contributed by atoms with Crippen LogP contribution in [-0.4, -0.2) is 28.2 Å². The first-order chi connectivity index (χ1) is 10.2. The van der Waals surface area contributed by atoms with E-state index in [4.69, 9.17) is 9.47 Å². The molecule has 0 N–H and O–H groups in total. The lowest BCUT2D eigenvalue weighted by Crippen LogP contribution is -2.41. The van der Waals surface area contributed by atoms with Gasteiger partial charge in [-0.1, -0.05) is 58.3 Å². The molecule has 4 heteroatoms. The molecule has 0 aromatic heterocycles. The highest BCUT2D eigenvalue weighted by molar-refractivity contribution is 6.14. The highest BCUT2D eigenvalue weighted by Gasteiger charge is 2.31. The normalized spacial score (nSPS) is 22.3. The zero-order valence-electron chi connectivity index (χ0n) is 14.1. The maximum atomic E-state index is 11.8. The zero-order valence-corrected chi connectivity index (χ0v) is 16.1. The van der Waals surface area contributed by atoms with Crippen molar-refractivity contribution in [1.29, 1.82) is 0 Å². The minimum atomic E-state index is -0.519. The Bertz CT molecular complexity index is 275. The Balaban J connectivity index is 1.93. The van der Waals surface area contributed by atoms with Crippen molar-refractivity contribution in [3.8, 4) is 0 Å². The first kappa shape index (κ1) is 18.7. The monoisotopic (exact) mass is 314 g/mol. The maximum absolute atomic E-state index is 11.8. The fraction of sp³-hybridized carbons (Fsp3) is 0.941. The Labute approximate surface area is 133 Å². The van der Waals surface area contributed by atoms with Gasteiger partial charge in [-0.15, -0.1) is 0 Å². The number of rotatable bonds is 11. The van der Waals surface area contributed by atoms with E-state index < -0.39 is 5.41 Å². The Kier molecular flexibility index (Phi) is 10.0. The molecule has 0 radical (unpaired) electrons. The van der Waals surface area contributed by atoms with E-state index >= 15 is 0 Å². The Morgan fingerprint density at radius 3 is 2.24 bits per heavy atom. The van der Waals surface area contributed by atoms with Gasteiger partial charge in [-0.05, 0) is 19.3 Å². The van der Waals surface area contributed by atoms with E-state index in [1.165, 1.54) is 44.9 Å². The molecule has 1 rings (SSSR count). The Morgan fingerprint density at radius 1 is 1.05 bits per heavy atom. The summed E-state index contributed by atoms with van der Waals surface area (Å²) in [5.41, 5.74) is -0.519. The topological polar surface area (TPSA) is 35.5 Å². The van der Waals surface area contributed by atoms with Crippen LogP contribution in [0.4, 0.5) is 0 Å². The first-order valence-corrected chi connectivity index (χ1v) is 10.0. The van der Waals surface area contributed by atoms with Gasteiger partial charge in [0.05, 0.1) is 16.8 Å². The fourth-order valence-corrected chi connectivity index (χ4v) is 3.65. The van der Waals surface area contributed by atoms with Crippen molar-refractivity contribution in [2.75, 3.05) is 6.61 Å². The zero-order chi connectivity index (χ0) is 15.4. The van der Waals surface area contributed by atoms with Gasteiger partial charge in [-0.3, -0.25) is 4.79 Å². The third-order valence-electron chi connectivity index (χ3n) is 4.25. The molecule has 1 heterocycles. The summed E-state index contributed by atoms with van der Waals surface area (Å²) >= 11 is 0. The van der Waals surface area contributed by atoms with E-state index in [2.05, 4.69) is 6.92 Å². The van der Waals surface area contributed by atoms with Gasteiger partial charge < -0.3 is 9.47 Å². The van der Waals surface area contributed by atoms with E-state index in [1.807, 2.05) is 0 Å². The molecular weight excluding hydrogens is 280 g/mol. The van der Waals surface area contributed by atoms with E-state index in [-0.39, 0.29) is 5.97 Å². The van der Waals surface area contributed by atoms with Crippen molar-refractivity contribution in [2.45, 2.75) is 95.8 Å². The minimum Gasteiger partial charge on any atom is -0.438 e. The van der Waals surface area contributed by atoms with Crippen LogP contribution in [-0.2, 0) is 14.3 Å². The number of hydrogen-bond donors (Lipinski definition) is 0. The van der Waals surface area contributed by atoms with Gasteiger partial charge in [0.25, 0.3) is 0 Å². The summed E-state index contributed by atoms with van der Waals surface area (Å²) in [6.45, 7) is 3.00. The van der Waals surface area contributed by atoms with Gasteiger partial charge >= 0.3 is 5.97 Å². The number of unbranched alkanes of at least 4 members (excludes halogenated alkanes) is 8. The van der Waals surface area contributed by atoms with Crippen molar-refractivity contribution < 1.29 is 14.3 Å². The summed E-state index contributed by atoms with van der Waals surface area (Å²) in [7, 11) is 0.774. The summed E-state index contributed by atoms with van der Waals surface area (Å²) in [6, 6.07) is 0. The van der Waals surface area contributed by atoms with Gasteiger partial charge in [-0.25, -0.2) is 0 Å². The molecule has 0 saturated carbocycles. The molecule has 1 fully saturated rings. The van der Waals surface area contributed by atoms with Crippen molar-refractivity contribution in [3.63, 3.8) is 0 Å². The molecular formula is C17H34O3Si. The predicted molar refractivity (Wildman–Crippen MR) is 90.4 cm³/mol. The molecule has 3 nitrogen and oxygen atoms in total. The predicted octanol–water partition coefficient (Wildman–Crippen LogP) is 3.67. The molecule has 1 saturated heterocycles. The highest BCUT2D eigenvalue weighted by atomic mass is 28.1. The second-order valence-corrected chi connectivity index (χ2v) is 8.02. The molecule has 1 aliphatic rings. The SMILES string of the molecule is CCCCCCCCCCCC(=O)OC1([SiH3])CCCCO1. The van der Waals surface area contributed by atoms with Gasteiger partial charge in [-0.2, -0.15) is 0 Å². The highest BCUT2D eigenvalue weighted by Crippen LogP contribution is 2.23. The van der Waals surface area contributed by atoms with E-state index in [0.29, 0.717) is 6.42 Å². The molecule has 1 unspecified atom stereocenters. The van der Waals surface area contributed by atoms with Crippen LogP contribution in [0.3, 0.4) is 0 Å². The summed E-state index contributed by atoms with van der Waals surface area (Å²) in [6.07, 6.45) is 15.1. The quantitative estimate of drug-likeness (QED) is 0.332. The maximum Gasteiger partial charge on any atom is 0.307 e. The van der Waals surface area contributed by atoms with Crippen molar-refractivity contribution >= 4 is 16.2 Å². The number of hydrogen-bond acceptors (Lipinski definition) is 3. The summed E-state index contributed by atoms with van der Waals surface area (Å²) < 4.78 is 11.2. The van der Waals surface area contributed by atoms with Crippen LogP contribution in [0, 0.1) is 0 Å². The number of carbonyl (C=O) groups is 1. The van der Waals surface area contributed by atoms with E-state index in [1.54, 1.807) is 0 Å². The van der Waals surface area contributed by atoms with Gasteiger partial charge in [0, 0.05) is 12.8 Å². The summed E-state index contributed by atoms with van der Waals surface area (Å²) in [5, 5.41) is 0. The molecule has 0 aromatic rings. The fourth-order valence-electron chi connectivity index (χ4n) is 2.86. The average molecular weight is 315 g/mol. The minimum absolute atomic E-state index is 0.0603. The molecule has 124 valence electrons. The Hall–Kier alpha value is -0.353. The lowest BCUT2D eigenvalue weighted by atomic mass is 10.1. The molecule has 0 spiro atoms. The molecule has 21 heavy (non-hydrogen) atoms. The molecule has 0 amide bonds. The summed E-state index contributed by atoms with van der Waals surface area (Å²) in [4.78, 5) is 11.8. The second-order valence-electron chi connectivity index (χ2n) is 6.49. The van der Waals surface area contributed by atoms with Gasteiger partial charge in [0.1, 0.15) is 0 Å². The molecule has 1 aliphatic heterocycles. The second kappa shape index (κ2) is 11.2. The first-order valence-electron chi connectivity index (χ1n) is 9.02. The van der Waals surface area contributed by atoms with Crippen molar-refractivity contribution in [2.24, 2.45) is 0 Å². The van der Waals surface area contributed by atoms with Crippen LogP contribution >= 0.6 is 0 Å². The third-order valence-corrected chi connectivity index (χ3v) is 5.24. The lowest BCUT2D eigenvalue weighted by molar-refractivity contribution is -0.206. The standard InChI is InChI=1S/C17H34O3Si/c1-2-3-4-5-6-7-8-9-10-13-16(18)20-17(21)14-11-12-15-19-17/h2-15H2,1,21H3. The largest absolute Gasteiger partial charge is 0.438 e. The van der Waals surface area contributed by atoms with Crippen LogP contribution in [0.25, 0.3) is 0 Å². The smallest absolute Gasteiger partial charge is 0.307 e. The molecule has 1 atom stereocenters. The van der Waals surface area contributed by atoms with Crippen molar-refractivity contribution in [1.82, 2.24) is 0 Å². The Morgan fingerprint density at radius 2 is 1.67 bits per heavy atom. The third kappa shape index (κ3) is 9.30. The van der Waals surface area contributed by atoms with Crippen LogP contribution < -0.4 is 0 Å². The van der Waals surface area contributed by atoms with Crippen LogP contribution in [0.15, 0.2) is 0 Å². The van der Waals surface area contributed by atoms with E-state index in [9.17, 15) is 4.79 Å². The molecule has 0 aliphatic carbocycles. The average Bonchev–Trinajstić information content (AvgIpc) is 2.46. The van der Waals surface area contributed by atoms with Crippen molar-refractivity contribution in [3.05, 3.63) is 0 Å². The van der Waals surface area contributed by atoms with Crippen LogP contribution in [0.5, 0.6) is 0 Å². The van der Waals surface area contributed by atoms with Crippen LogP contribution in [0.2, 0.25) is 0 Å². The van der Waals surface area contributed by atoms with Gasteiger partial charge in [0.15, 0.2) is 5.41 Å². The lowest BCUT2D eigenvalue weighted by Gasteiger charge is -2.33. The number of esters is 1. The van der Waals surface area contributed by atoms with Gasteiger partial charge in [0.2, 0.25) is 0 Å². The molecule has 0 bridgehead atoms. The van der Waals surface area contributed by atoms with Crippen LogP contribution in [0.1, 0.15) is 90.4 Å².